The molecule has 22 heavy (non-hydrogen) atoms. The van der Waals surface area contributed by atoms with Gasteiger partial charge in [-0.15, -0.1) is 0 Å². The van der Waals surface area contributed by atoms with E-state index < -0.39 is 0 Å². The summed E-state index contributed by atoms with van der Waals surface area (Å²) in [6.07, 6.45) is 2.03. The monoisotopic (exact) mass is 307 g/mol. The van der Waals surface area contributed by atoms with Gasteiger partial charge in [0.25, 0.3) is 5.91 Å². The van der Waals surface area contributed by atoms with Crippen molar-refractivity contribution in [1.82, 2.24) is 14.7 Å². The van der Waals surface area contributed by atoms with Crippen molar-refractivity contribution < 1.29 is 14.3 Å². The fraction of sp³-hybridized carbons (Fsp3) is 0.750. The lowest BCUT2D eigenvalue weighted by molar-refractivity contribution is -0.103. The van der Waals surface area contributed by atoms with Crippen LogP contribution in [0.5, 0.6) is 0 Å². The first-order valence-electron chi connectivity index (χ1n) is 8.24. The van der Waals surface area contributed by atoms with Gasteiger partial charge in [-0.3, -0.25) is 9.48 Å². The molecule has 1 aliphatic carbocycles. The summed E-state index contributed by atoms with van der Waals surface area (Å²) in [4.78, 5) is 14.9. The predicted octanol–water partition coefficient (Wildman–Crippen LogP) is 1.62. The van der Waals surface area contributed by atoms with E-state index in [1.54, 1.807) is 4.68 Å². The van der Waals surface area contributed by atoms with Gasteiger partial charge in [0.2, 0.25) is 0 Å². The van der Waals surface area contributed by atoms with Gasteiger partial charge in [-0.25, -0.2) is 0 Å². The van der Waals surface area contributed by atoms with E-state index in [1.807, 2.05) is 31.7 Å². The number of amides is 1. The third-order valence-electron chi connectivity index (χ3n) is 4.60. The number of fused-ring (bicyclic) bond motifs is 1. The zero-order valence-electron chi connectivity index (χ0n) is 13.6. The third kappa shape index (κ3) is 2.65. The molecule has 0 radical (unpaired) electrons. The van der Waals surface area contributed by atoms with Crippen LogP contribution in [-0.4, -0.2) is 58.6 Å². The smallest absolute Gasteiger partial charge is 0.272 e. The second-order valence-corrected chi connectivity index (χ2v) is 5.96. The Kier molecular flexibility index (Phi) is 4.49. The normalized spacial score (nSPS) is 28.0. The van der Waals surface area contributed by atoms with Gasteiger partial charge in [0.05, 0.1) is 24.4 Å². The van der Waals surface area contributed by atoms with Crippen LogP contribution in [0.3, 0.4) is 0 Å². The molecule has 0 aromatic carbocycles. The first-order valence-corrected chi connectivity index (χ1v) is 8.24. The summed E-state index contributed by atoms with van der Waals surface area (Å²) in [6.45, 7) is 8.55. The van der Waals surface area contributed by atoms with Gasteiger partial charge < -0.3 is 14.4 Å². The Labute approximate surface area is 131 Å². The van der Waals surface area contributed by atoms with Gasteiger partial charge in [0.15, 0.2) is 0 Å². The molecule has 1 aromatic heterocycles. The van der Waals surface area contributed by atoms with Crippen LogP contribution in [0.25, 0.3) is 0 Å². The number of ether oxygens (including phenoxy) is 2. The highest BCUT2D eigenvalue weighted by molar-refractivity contribution is 5.93. The molecule has 1 amide bonds. The second kappa shape index (κ2) is 6.38. The van der Waals surface area contributed by atoms with Gasteiger partial charge in [-0.2, -0.15) is 5.10 Å². The van der Waals surface area contributed by atoms with Crippen LogP contribution in [0, 0.1) is 6.92 Å². The Morgan fingerprint density at radius 2 is 2.27 bits per heavy atom. The number of morpholine rings is 1. The molecule has 0 bridgehead atoms. The molecule has 1 saturated carbocycles. The number of rotatable bonds is 4. The van der Waals surface area contributed by atoms with E-state index in [-0.39, 0.29) is 24.2 Å². The topological polar surface area (TPSA) is 56.6 Å². The first-order chi connectivity index (χ1) is 10.7. The summed E-state index contributed by atoms with van der Waals surface area (Å²) in [5.41, 5.74) is 1.56. The van der Waals surface area contributed by atoms with E-state index in [2.05, 4.69) is 5.10 Å². The van der Waals surface area contributed by atoms with Crippen molar-refractivity contribution in [2.45, 2.75) is 58.4 Å². The molecule has 0 spiro atoms. The maximum atomic E-state index is 13.0. The minimum atomic E-state index is 0.0109. The molecule has 1 saturated heterocycles. The van der Waals surface area contributed by atoms with Crippen LogP contribution in [0.15, 0.2) is 6.07 Å². The number of aryl methyl sites for hydroxylation is 2. The van der Waals surface area contributed by atoms with Gasteiger partial charge in [0.1, 0.15) is 11.8 Å². The van der Waals surface area contributed by atoms with Crippen LogP contribution in [0.2, 0.25) is 0 Å². The quantitative estimate of drug-likeness (QED) is 0.848. The average Bonchev–Trinajstić information content (AvgIpc) is 3.10. The van der Waals surface area contributed by atoms with E-state index in [0.29, 0.717) is 32.0 Å². The van der Waals surface area contributed by atoms with E-state index in [0.717, 1.165) is 18.5 Å². The van der Waals surface area contributed by atoms with Gasteiger partial charge >= 0.3 is 0 Å². The summed E-state index contributed by atoms with van der Waals surface area (Å²) in [6, 6.07) is 2.00. The van der Waals surface area contributed by atoms with Crippen LogP contribution < -0.4 is 0 Å². The molecule has 3 atom stereocenters. The van der Waals surface area contributed by atoms with E-state index in [9.17, 15) is 4.79 Å². The lowest BCUT2D eigenvalue weighted by Crippen LogP contribution is -2.54. The molecule has 1 aliphatic heterocycles. The Morgan fingerprint density at radius 1 is 1.45 bits per heavy atom. The number of aromatic nitrogens is 2. The molecule has 1 aromatic rings. The van der Waals surface area contributed by atoms with E-state index in [4.69, 9.17) is 9.47 Å². The Balaban J connectivity index is 1.80. The highest BCUT2D eigenvalue weighted by Crippen LogP contribution is 2.33. The van der Waals surface area contributed by atoms with Crippen LogP contribution in [0.4, 0.5) is 0 Å². The van der Waals surface area contributed by atoms with E-state index >= 15 is 0 Å². The fourth-order valence-corrected chi connectivity index (χ4v) is 3.67. The molecule has 2 heterocycles. The third-order valence-corrected chi connectivity index (χ3v) is 4.60. The van der Waals surface area contributed by atoms with Crippen LogP contribution in [0.1, 0.15) is 42.9 Å². The summed E-state index contributed by atoms with van der Waals surface area (Å²) in [5, 5.41) is 4.39. The van der Waals surface area contributed by atoms with Gasteiger partial charge in [-0.1, -0.05) is 0 Å². The van der Waals surface area contributed by atoms with Gasteiger partial charge in [-0.05, 0) is 39.7 Å². The van der Waals surface area contributed by atoms with Crippen molar-refractivity contribution >= 4 is 5.91 Å². The molecule has 2 aliphatic rings. The summed E-state index contributed by atoms with van der Waals surface area (Å²) >= 11 is 0. The van der Waals surface area contributed by atoms with Crippen molar-refractivity contribution in [1.29, 1.82) is 0 Å². The Bertz CT molecular complexity index is 543. The molecule has 0 unspecified atom stereocenters. The fourth-order valence-electron chi connectivity index (χ4n) is 3.67. The maximum Gasteiger partial charge on any atom is 0.272 e. The minimum absolute atomic E-state index is 0.0109. The molecule has 122 valence electrons. The van der Waals surface area contributed by atoms with Crippen LogP contribution >= 0.6 is 0 Å². The summed E-state index contributed by atoms with van der Waals surface area (Å²) < 4.78 is 13.5. The minimum Gasteiger partial charge on any atom is -0.376 e. The number of hydrogen-bond acceptors (Lipinski definition) is 4. The number of hydrogen-bond donors (Lipinski definition) is 0. The molecule has 3 rings (SSSR count). The van der Waals surface area contributed by atoms with Crippen molar-refractivity contribution in [2.75, 3.05) is 19.8 Å². The highest BCUT2D eigenvalue weighted by Gasteiger charge is 2.45. The molecule has 2 fully saturated rings. The molecule has 6 nitrogen and oxygen atoms in total. The van der Waals surface area contributed by atoms with Crippen molar-refractivity contribution in [2.24, 2.45) is 0 Å². The lowest BCUT2D eigenvalue weighted by atomic mass is 10.1. The average molecular weight is 307 g/mol. The largest absolute Gasteiger partial charge is 0.376 e. The van der Waals surface area contributed by atoms with Gasteiger partial charge in [0, 0.05) is 19.7 Å². The molecular weight excluding hydrogens is 282 g/mol. The standard InChI is InChI=1S/C16H25N3O3/c1-4-19-13(10-11(3)17-19)16(20)18-8-9-22-15-12(18)6-7-14(15)21-5-2/h10,12,14-15H,4-9H2,1-3H3/t12-,14+,15+/m0/s1. The summed E-state index contributed by atoms with van der Waals surface area (Å²) in [7, 11) is 0. The Morgan fingerprint density at radius 3 is 3.00 bits per heavy atom. The molecule has 6 heteroatoms. The molecular formula is C16H25N3O3. The first kappa shape index (κ1) is 15.5. The highest BCUT2D eigenvalue weighted by atomic mass is 16.5. The lowest BCUT2D eigenvalue weighted by Gasteiger charge is -2.39. The zero-order chi connectivity index (χ0) is 15.7. The Hall–Kier alpha value is -1.40. The number of nitrogens with zero attached hydrogens (tertiary/aromatic N) is 3. The van der Waals surface area contributed by atoms with Crippen molar-refractivity contribution in [3.8, 4) is 0 Å². The maximum absolute atomic E-state index is 13.0. The predicted molar refractivity (Wildman–Crippen MR) is 81.9 cm³/mol. The van der Waals surface area contributed by atoms with Crippen molar-refractivity contribution in [3.05, 3.63) is 17.5 Å². The van der Waals surface area contributed by atoms with Crippen molar-refractivity contribution in [3.63, 3.8) is 0 Å². The molecule has 0 N–H and O–H groups in total. The number of carbonyl (C=O) groups excluding carboxylic acids is 1. The number of carbonyl (C=O) groups is 1. The SMILES string of the molecule is CCO[C@@H]1CC[C@H]2[C@H]1OCCN2C(=O)c1cc(C)nn1CC. The van der Waals surface area contributed by atoms with E-state index in [1.165, 1.54) is 0 Å². The summed E-state index contributed by atoms with van der Waals surface area (Å²) in [5.74, 6) is 0.0675. The zero-order valence-corrected chi connectivity index (χ0v) is 13.6. The second-order valence-electron chi connectivity index (χ2n) is 5.96. The van der Waals surface area contributed by atoms with Crippen LogP contribution in [-0.2, 0) is 16.0 Å².